The molecule has 13 rings (SSSR count). The van der Waals surface area contributed by atoms with Gasteiger partial charge < -0.3 is 9.64 Å². The predicted molar refractivity (Wildman–Crippen MR) is 262 cm³/mol. The van der Waals surface area contributed by atoms with Crippen molar-refractivity contribution in [3.05, 3.63) is 259 Å². The molecular formula is C61H39NO. The zero-order valence-electron chi connectivity index (χ0n) is 34.4. The molecule has 0 unspecified atom stereocenters. The third-order valence-corrected chi connectivity index (χ3v) is 13.5. The normalized spacial score (nSPS) is 13.0. The molecule has 0 bridgehead atoms. The topological polar surface area (TPSA) is 12.5 Å². The van der Waals surface area contributed by atoms with E-state index in [2.05, 4.69) is 241 Å². The predicted octanol–water partition coefficient (Wildman–Crippen LogP) is 16.4. The summed E-state index contributed by atoms with van der Waals surface area (Å²) >= 11 is 0. The molecule has 2 nitrogen and oxygen atoms in total. The number of rotatable bonds is 5. The molecule has 0 atom stereocenters. The molecular weight excluding hydrogens is 763 g/mol. The Balaban J connectivity index is 1.03. The van der Waals surface area contributed by atoms with Crippen LogP contribution in [0, 0.1) is 0 Å². The second-order valence-corrected chi connectivity index (χ2v) is 16.8. The number of anilines is 3. The first-order chi connectivity index (χ1) is 31.2. The summed E-state index contributed by atoms with van der Waals surface area (Å²) in [5.74, 6) is 1.78. The molecule has 0 aromatic heterocycles. The quantitative estimate of drug-likeness (QED) is 0.161. The highest BCUT2D eigenvalue weighted by molar-refractivity contribution is 6.25. The number of nitrogens with zero attached hydrogens (tertiary/aromatic N) is 1. The van der Waals surface area contributed by atoms with Crippen LogP contribution in [0.5, 0.6) is 11.5 Å². The molecule has 11 aromatic rings. The van der Waals surface area contributed by atoms with Crippen LogP contribution in [0.1, 0.15) is 22.3 Å². The lowest BCUT2D eigenvalue weighted by Gasteiger charge is -2.39. The fourth-order valence-electron chi connectivity index (χ4n) is 10.8. The van der Waals surface area contributed by atoms with Crippen LogP contribution in [0.25, 0.3) is 65.7 Å². The zero-order valence-corrected chi connectivity index (χ0v) is 34.4. The van der Waals surface area contributed by atoms with Crippen LogP contribution in [0.15, 0.2) is 237 Å². The van der Waals surface area contributed by atoms with E-state index in [1.807, 2.05) is 0 Å². The van der Waals surface area contributed by atoms with Crippen molar-refractivity contribution < 1.29 is 4.74 Å². The molecule has 11 aromatic carbocycles. The van der Waals surface area contributed by atoms with Gasteiger partial charge in [0.1, 0.15) is 11.5 Å². The minimum Gasteiger partial charge on any atom is -0.457 e. The average Bonchev–Trinajstić information content (AvgIpc) is 3.64. The van der Waals surface area contributed by atoms with Crippen molar-refractivity contribution >= 4 is 49.4 Å². The monoisotopic (exact) mass is 801 g/mol. The Morgan fingerprint density at radius 2 is 0.683 bits per heavy atom. The van der Waals surface area contributed by atoms with Crippen molar-refractivity contribution in [2.24, 2.45) is 0 Å². The number of ether oxygens (including phenoxy) is 1. The molecule has 2 aliphatic rings. The number of hydrogen-bond acceptors (Lipinski definition) is 2. The summed E-state index contributed by atoms with van der Waals surface area (Å²) in [6.07, 6.45) is 0. The molecule has 0 saturated heterocycles. The summed E-state index contributed by atoms with van der Waals surface area (Å²) in [6.45, 7) is 0. The van der Waals surface area contributed by atoms with Crippen LogP contribution in [0.2, 0.25) is 0 Å². The first-order valence-electron chi connectivity index (χ1n) is 21.7. The second-order valence-electron chi connectivity index (χ2n) is 16.8. The summed E-state index contributed by atoms with van der Waals surface area (Å²) in [5, 5.41) is 7.54. The summed E-state index contributed by atoms with van der Waals surface area (Å²) in [7, 11) is 0. The molecule has 0 radical (unpaired) electrons. The van der Waals surface area contributed by atoms with Crippen molar-refractivity contribution in [2.75, 3.05) is 4.90 Å². The van der Waals surface area contributed by atoms with Crippen LogP contribution in [-0.4, -0.2) is 0 Å². The van der Waals surface area contributed by atoms with Crippen molar-refractivity contribution in [3.63, 3.8) is 0 Å². The van der Waals surface area contributed by atoms with Crippen LogP contribution in [-0.2, 0) is 5.41 Å². The summed E-state index contributed by atoms with van der Waals surface area (Å²) in [5.41, 5.74) is 14.8. The molecule has 63 heavy (non-hydrogen) atoms. The van der Waals surface area contributed by atoms with Gasteiger partial charge in [-0.05, 0) is 125 Å². The lowest BCUT2D eigenvalue weighted by molar-refractivity contribution is 0.436. The smallest absolute Gasteiger partial charge is 0.132 e. The molecule has 0 amide bonds. The van der Waals surface area contributed by atoms with Crippen LogP contribution in [0.3, 0.4) is 0 Å². The number of fused-ring (bicyclic) bond motifs is 15. The lowest BCUT2D eigenvalue weighted by atomic mass is 9.66. The molecule has 0 saturated carbocycles. The SMILES string of the molecule is c1ccc(-c2ccc(-c3ccc(N(c4ccc5c(c4)C4(c6ccccc6Oc6ccccc64)c4ccccc4-5)c4ccc5c6ccccc6c6ccccc6c5c4)cc3)cc2)cc1. The van der Waals surface area contributed by atoms with Gasteiger partial charge in [0.15, 0.2) is 0 Å². The van der Waals surface area contributed by atoms with E-state index in [1.54, 1.807) is 0 Å². The van der Waals surface area contributed by atoms with Crippen LogP contribution >= 0.6 is 0 Å². The summed E-state index contributed by atoms with van der Waals surface area (Å²) in [6, 6.07) is 86.5. The molecule has 1 aliphatic carbocycles. The molecule has 2 heteroatoms. The van der Waals surface area contributed by atoms with E-state index in [-0.39, 0.29) is 0 Å². The van der Waals surface area contributed by atoms with E-state index in [4.69, 9.17) is 4.74 Å². The Morgan fingerprint density at radius 3 is 1.30 bits per heavy atom. The number of hydrogen-bond donors (Lipinski definition) is 0. The third-order valence-electron chi connectivity index (χ3n) is 13.5. The van der Waals surface area contributed by atoms with Crippen molar-refractivity contribution in [2.45, 2.75) is 5.41 Å². The maximum atomic E-state index is 6.68. The summed E-state index contributed by atoms with van der Waals surface area (Å²) < 4.78 is 6.68. The van der Waals surface area contributed by atoms with Gasteiger partial charge in [0.2, 0.25) is 0 Å². The van der Waals surface area contributed by atoms with Gasteiger partial charge in [0.25, 0.3) is 0 Å². The van der Waals surface area contributed by atoms with Gasteiger partial charge >= 0.3 is 0 Å². The molecule has 1 aliphatic heterocycles. The second kappa shape index (κ2) is 13.9. The first kappa shape index (κ1) is 35.5. The van der Waals surface area contributed by atoms with E-state index in [1.165, 1.54) is 76.8 Å². The molecule has 0 fully saturated rings. The standard InChI is InChI=1S/C61H39NO/c1-2-14-40(15-3-1)41-26-28-42(29-27-41)43-30-32-44(33-31-43)62(45-34-36-51-49-18-5-4-16-47(49)48-17-6-7-19-50(48)54(51)38-45)46-35-37-53-52-20-8-9-21-55(52)61(58(53)39-46)56-22-10-12-24-59(56)63-60-25-13-11-23-57(60)61/h1-39H. The van der Waals surface area contributed by atoms with Gasteiger partial charge in [0, 0.05) is 28.2 Å². The highest BCUT2D eigenvalue weighted by Crippen LogP contribution is 2.62. The average molecular weight is 802 g/mol. The third kappa shape index (κ3) is 5.32. The molecule has 1 spiro atoms. The van der Waals surface area contributed by atoms with Gasteiger partial charge in [-0.1, -0.05) is 188 Å². The fourth-order valence-corrected chi connectivity index (χ4v) is 10.8. The van der Waals surface area contributed by atoms with Crippen molar-refractivity contribution in [1.82, 2.24) is 0 Å². The van der Waals surface area contributed by atoms with Crippen LogP contribution < -0.4 is 9.64 Å². The first-order valence-corrected chi connectivity index (χ1v) is 21.7. The Morgan fingerprint density at radius 1 is 0.270 bits per heavy atom. The number of para-hydroxylation sites is 2. The van der Waals surface area contributed by atoms with E-state index < -0.39 is 5.41 Å². The lowest BCUT2D eigenvalue weighted by Crippen LogP contribution is -2.32. The van der Waals surface area contributed by atoms with E-state index >= 15 is 0 Å². The van der Waals surface area contributed by atoms with Gasteiger partial charge in [0.05, 0.1) is 5.41 Å². The Bertz CT molecular complexity index is 3510. The highest BCUT2D eigenvalue weighted by Gasteiger charge is 2.51. The number of benzene rings is 11. The molecule has 0 N–H and O–H groups in total. The fraction of sp³-hybridized carbons (Fsp3) is 0.0164. The molecule has 1 heterocycles. The minimum absolute atomic E-state index is 0.576. The summed E-state index contributed by atoms with van der Waals surface area (Å²) in [4.78, 5) is 2.44. The van der Waals surface area contributed by atoms with Gasteiger partial charge in [-0.3, -0.25) is 0 Å². The Hall–Kier alpha value is -8.20. The Labute approximate surface area is 366 Å². The Kier molecular flexibility index (Phi) is 7.85. The minimum atomic E-state index is -0.576. The van der Waals surface area contributed by atoms with Gasteiger partial charge in [-0.2, -0.15) is 0 Å². The van der Waals surface area contributed by atoms with E-state index in [0.29, 0.717) is 0 Å². The van der Waals surface area contributed by atoms with Crippen LogP contribution in [0.4, 0.5) is 17.1 Å². The molecule has 294 valence electrons. The maximum absolute atomic E-state index is 6.68. The largest absolute Gasteiger partial charge is 0.457 e. The zero-order chi connectivity index (χ0) is 41.5. The van der Waals surface area contributed by atoms with Crippen molar-refractivity contribution in [1.29, 1.82) is 0 Å². The van der Waals surface area contributed by atoms with Gasteiger partial charge in [-0.25, -0.2) is 0 Å². The highest BCUT2D eigenvalue weighted by atomic mass is 16.5. The maximum Gasteiger partial charge on any atom is 0.132 e. The van der Waals surface area contributed by atoms with E-state index in [9.17, 15) is 0 Å². The van der Waals surface area contributed by atoms with Gasteiger partial charge in [-0.15, -0.1) is 0 Å². The van der Waals surface area contributed by atoms with Crippen molar-refractivity contribution in [3.8, 4) is 44.9 Å². The van der Waals surface area contributed by atoms with E-state index in [0.717, 1.165) is 39.7 Å².